The summed E-state index contributed by atoms with van der Waals surface area (Å²) in [6, 6.07) is 6.03. The molecular weight excluding hydrogens is 354 g/mol. The number of carbonyl (C=O) groups excluding carboxylic acids is 1. The summed E-state index contributed by atoms with van der Waals surface area (Å²) in [7, 11) is 0. The number of pyridine rings is 1. The van der Waals surface area contributed by atoms with E-state index in [1.54, 1.807) is 4.90 Å². The lowest BCUT2D eigenvalue weighted by atomic mass is 9.96. The third kappa shape index (κ3) is 4.93. The Kier molecular flexibility index (Phi) is 6.73. The molecule has 1 aromatic heterocycles. The summed E-state index contributed by atoms with van der Waals surface area (Å²) in [6.07, 6.45) is 6.02. The van der Waals surface area contributed by atoms with E-state index in [4.69, 9.17) is 0 Å². The van der Waals surface area contributed by atoms with Crippen LogP contribution in [0.15, 0.2) is 23.0 Å². The van der Waals surface area contributed by atoms with Crippen molar-refractivity contribution in [2.24, 2.45) is 0 Å². The molecule has 0 atom stereocenters. The highest BCUT2D eigenvalue weighted by molar-refractivity contribution is 5.83. The number of H-pyrrole nitrogens is 1. The highest BCUT2D eigenvalue weighted by Crippen LogP contribution is 2.20. The molecule has 1 aliphatic carbocycles. The number of rotatable bonds is 6. The Hall–Kier alpha value is -2.34. The predicted octanol–water partition coefficient (Wildman–Crippen LogP) is 3.37. The number of amides is 2. The smallest absolute Gasteiger partial charge is 0.317 e. The van der Waals surface area contributed by atoms with Gasteiger partial charge in [-0.05, 0) is 56.2 Å². The number of nitrogens with zero attached hydrogens (tertiary/aromatic N) is 1. The van der Waals surface area contributed by atoms with Crippen LogP contribution < -0.4 is 10.9 Å². The maximum absolute atomic E-state index is 12.8. The monoisotopic (exact) mass is 385 g/mol. The van der Waals surface area contributed by atoms with E-state index in [-0.39, 0.29) is 30.8 Å². The molecule has 1 fully saturated rings. The Balaban J connectivity index is 1.82. The summed E-state index contributed by atoms with van der Waals surface area (Å²) < 4.78 is 0. The molecule has 1 aromatic carbocycles. The van der Waals surface area contributed by atoms with Gasteiger partial charge in [0, 0.05) is 24.8 Å². The van der Waals surface area contributed by atoms with Gasteiger partial charge in [-0.3, -0.25) is 4.79 Å². The van der Waals surface area contributed by atoms with Crippen LogP contribution in [0.1, 0.15) is 55.2 Å². The van der Waals surface area contributed by atoms with Gasteiger partial charge in [0.2, 0.25) is 0 Å². The first-order valence-corrected chi connectivity index (χ1v) is 10.3. The van der Waals surface area contributed by atoms with Gasteiger partial charge in [-0.25, -0.2) is 4.79 Å². The number of urea groups is 1. The molecule has 28 heavy (non-hydrogen) atoms. The molecular formula is C22H31N3O3. The van der Waals surface area contributed by atoms with Crippen LogP contribution in [0.5, 0.6) is 0 Å². The maximum Gasteiger partial charge on any atom is 0.317 e. The van der Waals surface area contributed by atoms with Gasteiger partial charge in [0.05, 0.1) is 12.1 Å². The van der Waals surface area contributed by atoms with Gasteiger partial charge in [0.1, 0.15) is 0 Å². The molecule has 2 aromatic rings. The van der Waals surface area contributed by atoms with Crippen LogP contribution in [-0.2, 0) is 6.54 Å². The van der Waals surface area contributed by atoms with Crippen LogP contribution >= 0.6 is 0 Å². The second kappa shape index (κ2) is 9.24. The Morgan fingerprint density at radius 2 is 1.96 bits per heavy atom. The molecule has 1 heterocycles. The fourth-order valence-electron chi connectivity index (χ4n) is 4.08. The number of aryl methyl sites for hydroxylation is 2. The average Bonchev–Trinajstić information content (AvgIpc) is 2.66. The Morgan fingerprint density at radius 3 is 2.68 bits per heavy atom. The molecule has 3 rings (SSSR count). The van der Waals surface area contributed by atoms with E-state index in [0.717, 1.165) is 47.7 Å². The van der Waals surface area contributed by atoms with Gasteiger partial charge in [0.25, 0.3) is 5.56 Å². The third-order valence-electron chi connectivity index (χ3n) is 5.54. The normalized spacial score (nSPS) is 15.0. The van der Waals surface area contributed by atoms with Gasteiger partial charge in [0.15, 0.2) is 0 Å². The van der Waals surface area contributed by atoms with Gasteiger partial charge in [-0.15, -0.1) is 0 Å². The van der Waals surface area contributed by atoms with E-state index in [0.29, 0.717) is 18.5 Å². The molecule has 1 aliphatic rings. The standard InChI is InChI=1S/C22H31N3O3/c1-15-11-16(2)20-17(12-15)13-18(21(27)24-20)14-25(9-6-10-26)22(28)23-19-7-4-3-5-8-19/h11-13,19,26H,3-10,14H2,1-2H3,(H,23,28)(H,24,27). The van der Waals surface area contributed by atoms with Crippen molar-refractivity contribution >= 4 is 16.9 Å². The number of benzene rings is 1. The van der Waals surface area contributed by atoms with Crippen molar-refractivity contribution < 1.29 is 9.90 Å². The van der Waals surface area contributed by atoms with Gasteiger partial charge < -0.3 is 20.3 Å². The molecule has 0 radical (unpaired) electrons. The molecule has 0 spiro atoms. The van der Waals surface area contributed by atoms with Crippen molar-refractivity contribution in [2.75, 3.05) is 13.2 Å². The van der Waals surface area contributed by atoms with Crippen molar-refractivity contribution in [1.29, 1.82) is 0 Å². The molecule has 152 valence electrons. The molecule has 0 bridgehead atoms. The highest BCUT2D eigenvalue weighted by Gasteiger charge is 2.21. The summed E-state index contributed by atoms with van der Waals surface area (Å²) >= 11 is 0. The van der Waals surface area contributed by atoms with Crippen molar-refractivity contribution in [3.05, 3.63) is 45.2 Å². The summed E-state index contributed by atoms with van der Waals surface area (Å²) in [4.78, 5) is 30.1. The summed E-state index contributed by atoms with van der Waals surface area (Å²) in [5.41, 5.74) is 3.40. The number of aromatic nitrogens is 1. The third-order valence-corrected chi connectivity index (χ3v) is 5.54. The zero-order valence-electron chi connectivity index (χ0n) is 16.9. The number of hydrogen-bond donors (Lipinski definition) is 3. The van der Waals surface area contributed by atoms with Crippen LogP contribution in [0.2, 0.25) is 0 Å². The molecule has 6 heteroatoms. The Bertz CT molecular complexity index is 884. The fraction of sp³-hybridized carbons (Fsp3) is 0.545. The highest BCUT2D eigenvalue weighted by atomic mass is 16.3. The maximum atomic E-state index is 12.8. The topological polar surface area (TPSA) is 85.4 Å². The SMILES string of the molecule is Cc1cc(C)c2[nH]c(=O)c(CN(CCCO)C(=O)NC3CCCCC3)cc2c1. The van der Waals surface area contributed by atoms with E-state index in [1.807, 2.05) is 32.0 Å². The minimum Gasteiger partial charge on any atom is -0.396 e. The average molecular weight is 386 g/mol. The number of aliphatic hydroxyl groups excluding tert-OH is 1. The van der Waals surface area contributed by atoms with Gasteiger partial charge >= 0.3 is 6.03 Å². The van der Waals surface area contributed by atoms with E-state index in [1.165, 1.54) is 6.42 Å². The summed E-state index contributed by atoms with van der Waals surface area (Å²) in [5.74, 6) is 0. The first kappa shape index (κ1) is 20.4. The summed E-state index contributed by atoms with van der Waals surface area (Å²) in [6.45, 7) is 4.67. The first-order chi connectivity index (χ1) is 13.5. The first-order valence-electron chi connectivity index (χ1n) is 10.3. The lowest BCUT2D eigenvalue weighted by Crippen LogP contribution is -2.46. The second-order valence-electron chi connectivity index (χ2n) is 7.95. The van der Waals surface area contributed by atoms with Crippen LogP contribution in [0.25, 0.3) is 10.9 Å². The Morgan fingerprint density at radius 1 is 1.21 bits per heavy atom. The molecule has 6 nitrogen and oxygen atoms in total. The molecule has 1 saturated carbocycles. The van der Waals surface area contributed by atoms with Crippen LogP contribution in [-0.4, -0.2) is 40.2 Å². The number of aliphatic hydroxyl groups is 1. The number of nitrogens with one attached hydrogen (secondary N) is 2. The van der Waals surface area contributed by atoms with Crippen LogP contribution in [0.3, 0.4) is 0 Å². The molecule has 0 aliphatic heterocycles. The van der Waals surface area contributed by atoms with E-state index >= 15 is 0 Å². The minimum absolute atomic E-state index is 0.0136. The quantitative estimate of drug-likeness (QED) is 0.713. The zero-order chi connectivity index (χ0) is 20.1. The van der Waals surface area contributed by atoms with Crippen molar-refractivity contribution in [2.45, 2.75) is 65.0 Å². The molecule has 0 saturated heterocycles. The number of fused-ring (bicyclic) bond motifs is 1. The van der Waals surface area contributed by atoms with E-state index in [2.05, 4.69) is 10.3 Å². The second-order valence-corrected chi connectivity index (χ2v) is 7.95. The molecule has 2 amide bonds. The minimum atomic E-state index is -0.168. The molecule has 0 unspecified atom stereocenters. The van der Waals surface area contributed by atoms with Crippen LogP contribution in [0.4, 0.5) is 4.79 Å². The largest absolute Gasteiger partial charge is 0.396 e. The molecule has 3 N–H and O–H groups in total. The predicted molar refractivity (Wildman–Crippen MR) is 112 cm³/mol. The number of hydrogen-bond acceptors (Lipinski definition) is 3. The zero-order valence-corrected chi connectivity index (χ0v) is 16.9. The van der Waals surface area contributed by atoms with Crippen molar-refractivity contribution in [1.82, 2.24) is 15.2 Å². The van der Waals surface area contributed by atoms with Gasteiger partial charge in [-0.2, -0.15) is 0 Å². The van der Waals surface area contributed by atoms with E-state index in [9.17, 15) is 14.7 Å². The van der Waals surface area contributed by atoms with Crippen molar-refractivity contribution in [3.8, 4) is 0 Å². The summed E-state index contributed by atoms with van der Waals surface area (Å²) in [5, 5.41) is 13.3. The fourth-order valence-corrected chi connectivity index (χ4v) is 4.08. The number of aromatic amines is 1. The Labute approximate surface area is 165 Å². The lowest BCUT2D eigenvalue weighted by Gasteiger charge is -2.28. The van der Waals surface area contributed by atoms with Crippen LogP contribution in [0, 0.1) is 13.8 Å². The lowest BCUT2D eigenvalue weighted by molar-refractivity contribution is 0.179. The van der Waals surface area contributed by atoms with Gasteiger partial charge in [-0.1, -0.05) is 30.9 Å². The number of carbonyl (C=O) groups is 1. The van der Waals surface area contributed by atoms with E-state index < -0.39 is 0 Å². The van der Waals surface area contributed by atoms with Crippen molar-refractivity contribution in [3.63, 3.8) is 0 Å².